The number of nitrogens with zero attached hydrogens (tertiary/aromatic N) is 2. The minimum Gasteiger partial charge on any atom is -0.341 e. The van der Waals surface area contributed by atoms with E-state index in [-0.39, 0.29) is 30.7 Å². The highest BCUT2D eigenvalue weighted by molar-refractivity contribution is 5.85. The van der Waals surface area contributed by atoms with Crippen molar-refractivity contribution in [1.82, 2.24) is 9.80 Å². The number of hydrogen-bond acceptors (Lipinski definition) is 3. The van der Waals surface area contributed by atoms with E-state index >= 15 is 0 Å². The first-order valence-electron chi connectivity index (χ1n) is 7.43. The van der Waals surface area contributed by atoms with Gasteiger partial charge >= 0.3 is 0 Å². The second-order valence-corrected chi connectivity index (χ2v) is 5.50. The Labute approximate surface area is 145 Å². The number of rotatable bonds is 4. The van der Waals surface area contributed by atoms with E-state index in [1.165, 1.54) is 0 Å². The van der Waals surface area contributed by atoms with Crippen molar-refractivity contribution in [3.05, 3.63) is 35.9 Å². The molecule has 1 aliphatic heterocycles. The quantitative estimate of drug-likeness (QED) is 0.909. The Bertz CT molecular complexity index is 436. The van der Waals surface area contributed by atoms with Gasteiger partial charge in [0.2, 0.25) is 5.91 Å². The van der Waals surface area contributed by atoms with E-state index in [0.717, 1.165) is 38.0 Å². The van der Waals surface area contributed by atoms with Crippen LogP contribution < -0.4 is 5.73 Å². The van der Waals surface area contributed by atoms with Gasteiger partial charge in [-0.05, 0) is 24.9 Å². The van der Waals surface area contributed by atoms with Crippen LogP contribution >= 0.6 is 24.8 Å². The molecule has 1 aliphatic rings. The smallest absolute Gasteiger partial charge is 0.244 e. The van der Waals surface area contributed by atoms with Gasteiger partial charge in [-0.25, -0.2) is 0 Å². The molecule has 1 aromatic rings. The second kappa shape index (κ2) is 10.1. The molecule has 22 heavy (non-hydrogen) atoms. The number of likely N-dealkylation sites (N-methyl/N-ethyl adjacent to an activating group) is 1. The van der Waals surface area contributed by atoms with Crippen molar-refractivity contribution < 1.29 is 4.79 Å². The van der Waals surface area contributed by atoms with Gasteiger partial charge in [-0.3, -0.25) is 4.79 Å². The van der Waals surface area contributed by atoms with Crippen molar-refractivity contribution in [2.75, 3.05) is 26.7 Å². The molecule has 6 heteroatoms. The third-order valence-corrected chi connectivity index (χ3v) is 4.32. The SMILES string of the molecule is CCN1CCC(N(C)C(=O)C(N)c2ccccc2)CC1.Cl.Cl. The summed E-state index contributed by atoms with van der Waals surface area (Å²) < 4.78 is 0. The minimum atomic E-state index is -0.551. The van der Waals surface area contributed by atoms with Crippen LogP contribution in [0.25, 0.3) is 0 Å². The molecule has 0 spiro atoms. The van der Waals surface area contributed by atoms with Gasteiger partial charge in [0.1, 0.15) is 6.04 Å². The summed E-state index contributed by atoms with van der Waals surface area (Å²) in [6.07, 6.45) is 2.08. The number of piperidine rings is 1. The van der Waals surface area contributed by atoms with Crippen LogP contribution in [0.4, 0.5) is 0 Å². The van der Waals surface area contributed by atoms with E-state index in [1.54, 1.807) is 0 Å². The zero-order valence-electron chi connectivity index (χ0n) is 13.3. The van der Waals surface area contributed by atoms with Crippen LogP contribution in [-0.2, 0) is 4.79 Å². The fourth-order valence-corrected chi connectivity index (χ4v) is 2.83. The molecule has 4 nitrogen and oxygen atoms in total. The molecule has 126 valence electrons. The first-order chi connectivity index (χ1) is 9.63. The van der Waals surface area contributed by atoms with Crippen molar-refractivity contribution in [3.8, 4) is 0 Å². The molecule has 2 N–H and O–H groups in total. The van der Waals surface area contributed by atoms with Crippen LogP contribution in [0.15, 0.2) is 30.3 Å². The second-order valence-electron chi connectivity index (χ2n) is 5.50. The molecule has 0 radical (unpaired) electrons. The van der Waals surface area contributed by atoms with Crippen LogP contribution in [0.5, 0.6) is 0 Å². The van der Waals surface area contributed by atoms with Crippen molar-refractivity contribution in [3.63, 3.8) is 0 Å². The van der Waals surface area contributed by atoms with Gasteiger partial charge in [0.25, 0.3) is 0 Å². The topological polar surface area (TPSA) is 49.6 Å². The third kappa shape index (κ3) is 5.13. The number of nitrogens with two attached hydrogens (primary N) is 1. The minimum absolute atomic E-state index is 0. The molecule has 1 saturated heterocycles. The molecule has 1 atom stereocenters. The molecule has 1 fully saturated rings. The summed E-state index contributed by atoms with van der Waals surface area (Å²) in [7, 11) is 1.89. The molecule has 2 rings (SSSR count). The maximum Gasteiger partial charge on any atom is 0.244 e. The zero-order chi connectivity index (χ0) is 14.5. The molecule has 0 aromatic heterocycles. The maximum atomic E-state index is 12.5. The predicted molar refractivity (Wildman–Crippen MR) is 95.8 cm³/mol. The Morgan fingerprint density at radius 2 is 1.82 bits per heavy atom. The number of halogens is 2. The van der Waals surface area contributed by atoms with E-state index in [0.29, 0.717) is 6.04 Å². The fraction of sp³-hybridized carbons (Fsp3) is 0.562. The monoisotopic (exact) mass is 347 g/mol. The summed E-state index contributed by atoms with van der Waals surface area (Å²) in [4.78, 5) is 16.8. The summed E-state index contributed by atoms with van der Waals surface area (Å²) in [5, 5.41) is 0. The number of carbonyl (C=O) groups is 1. The standard InChI is InChI=1S/C16H25N3O.2ClH/c1-3-19-11-9-14(10-12-19)18(2)16(20)15(17)13-7-5-4-6-8-13;;/h4-8,14-15H,3,9-12,17H2,1-2H3;2*1H. The van der Waals surface area contributed by atoms with Crippen molar-refractivity contribution in [2.24, 2.45) is 5.73 Å². The third-order valence-electron chi connectivity index (χ3n) is 4.32. The number of benzene rings is 1. The first kappa shape index (κ1) is 21.2. The average Bonchev–Trinajstić information content (AvgIpc) is 2.53. The normalized spacial score (nSPS) is 17.0. The molecular formula is C16H27Cl2N3O. The van der Waals surface area contributed by atoms with E-state index in [4.69, 9.17) is 5.73 Å². The van der Waals surface area contributed by atoms with Crippen LogP contribution in [0.3, 0.4) is 0 Å². The number of likely N-dealkylation sites (tertiary alicyclic amines) is 1. The summed E-state index contributed by atoms with van der Waals surface area (Å²) in [5.74, 6) is 0.0196. The highest BCUT2D eigenvalue weighted by atomic mass is 35.5. The number of carbonyl (C=O) groups excluding carboxylic acids is 1. The van der Waals surface area contributed by atoms with Crippen LogP contribution in [0.2, 0.25) is 0 Å². The molecule has 1 aromatic carbocycles. The van der Waals surface area contributed by atoms with Gasteiger partial charge < -0.3 is 15.5 Å². The van der Waals surface area contributed by atoms with E-state index in [2.05, 4.69) is 11.8 Å². The van der Waals surface area contributed by atoms with Crippen LogP contribution in [0.1, 0.15) is 31.4 Å². The largest absolute Gasteiger partial charge is 0.341 e. The Morgan fingerprint density at radius 3 is 2.32 bits per heavy atom. The summed E-state index contributed by atoms with van der Waals surface area (Å²) in [5.41, 5.74) is 6.98. The van der Waals surface area contributed by atoms with Crippen molar-refractivity contribution in [1.29, 1.82) is 0 Å². The number of hydrogen-bond donors (Lipinski definition) is 1. The predicted octanol–water partition coefficient (Wildman–Crippen LogP) is 2.47. The average molecular weight is 348 g/mol. The molecule has 0 aliphatic carbocycles. The van der Waals surface area contributed by atoms with Gasteiger partial charge in [0, 0.05) is 26.2 Å². The Balaban J connectivity index is 0.00000220. The van der Waals surface area contributed by atoms with E-state index in [9.17, 15) is 4.79 Å². The molecule has 1 amide bonds. The summed E-state index contributed by atoms with van der Waals surface area (Å²) in [6.45, 7) is 5.41. The summed E-state index contributed by atoms with van der Waals surface area (Å²) >= 11 is 0. The van der Waals surface area contributed by atoms with Crippen LogP contribution in [0, 0.1) is 0 Å². The van der Waals surface area contributed by atoms with Gasteiger partial charge in [-0.1, -0.05) is 37.3 Å². The molecular weight excluding hydrogens is 321 g/mol. The molecule has 1 unspecified atom stereocenters. The van der Waals surface area contributed by atoms with Gasteiger partial charge in [0.05, 0.1) is 0 Å². The first-order valence-corrected chi connectivity index (χ1v) is 7.43. The highest BCUT2D eigenvalue weighted by Crippen LogP contribution is 2.19. The van der Waals surface area contributed by atoms with Gasteiger partial charge in [-0.2, -0.15) is 0 Å². The van der Waals surface area contributed by atoms with Crippen molar-refractivity contribution in [2.45, 2.75) is 31.8 Å². The lowest BCUT2D eigenvalue weighted by molar-refractivity contribution is -0.134. The van der Waals surface area contributed by atoms with Crippen molar-refractivity contribution >= 4 is 30.7 Å². The van der Waals surface area contributed by atoms with Crippen LogP contribution in [-0.4, -0.2) is 48.4 Å². The molecule has 0 saturated carbocycles. The van der Waals surface area contributed by atoms with Gasteiger partial charge in [0.15, 0.2) is 0 Å². The maximum absolute atomic E-state index is 12.5. The zero-order valence-corrected chi connectivity index (χ0v) is 14.9. The summed E-state index contributed by atoms with van der Waals surface area (Å²) in [6, 6.07) is 9.37. The lowest BCUT2D eigenvalue weighted by Crippen LogP contribution is -2.48. The fourth-order valence-electron chi connectivity index (χ4n) is 2.83. The van der Waals surface area contributed by atoms with E-state index < -0.39 is 6.04 Å². The Hall–Kier alpha value is -0.810. The van der Waals surface area contributed by atoms with E-state index in [1.807, 2.05) is 42.3 Å². The Kier molecular flexibility index (Phi) is 9.69. The molecule has 1 heterocycles. The lowest BCUT2D eigenvalue weighted by Gasteiger charge is -2.37. The highest BCUT2D eigenvalue weighted by Gasteiger charge is 2.28. The number of amides is 1. The lowest BCUT2D eigenvalue weighted by atomic mass is 10.0. The van der Waals surface area contributed by atoms with Gasteiger partial charge in [-0.15, -0.1) is 24.8 Å². The Morgan fingerprint density at radius 1 is 1.27 bits per heavy atom. The molecule has 0 bridgehead atoms.